The first kappa shape index (κ1) is 28.0. The van der Waals surface area contributed by atoms with Crippen molar-refractivity contribution in [1.82, 2.24) is 0 Å². The van der Waals surface area contributed by atoms with Gasteiger partial charge in [0.2, 0.25) is 0 Å². The van der Waals surface area contributed by atoms with Gasteiger partial charge in [-0.3, -0.25) is 9.59 Å². The van der Waals surface area contributed by atoms with Gasteiger partial charge in [-0.25, -0.2) is 0 Å². The van der Waals surface area contributed by atoms with Gasteiger partial charge in [-0.1, -0.05) is 39.3 Å². The molecule has 39 heavy (non-hydrogen) atoms. The number of ether oxygens (including phenoxy) is 4. The van der Waals surface area contributed by atoms with Crippen LogP contribution in [0.3, 0.4) is 0 Å². The maximum Gasteiger partial charge on any atom is 0.306 e. The predicted octanol–water partition coefficient (Wildman–Crippen LogP) is 6.90. The number of fused-ring (bicyclic) bond motifs is 1. The fourth-order valence-corrected chi connectivity index (χ4v) is 9.25. The molecule has 0 aromatic heterocycles. The van der Waals surface area contributed by atoms with Crippen molar-refractivity contribution in [3.05, 3.63) is 29.8 Å². The molecule has 6 atom stereocenters. The van der Waals surface area contributed by atoms with Crippen molar-refractivity contribution in [2.75, 3.05) is 27.9 Å². The molecule has 6 heteroatoms. The lowest BCUT2D eigenvalue weighted by Crippen LogP contribution is -2.61. The third-order valence-electron chi connectivity index (χ3n) is 11.1. The van der Waals surface area contributed by atoms with Crippen LogP contribution in [0.5, 0.6) is 17.2 Å². The zero-order valence-electron chi connectivity index (χ0n) is 24.6. The number of rotatable bonds is 7. The van der Waals surface area contributed by atoms with E-state index in [9.17, 15) is 9.59 Å². The molecule has 1 aromatic rings. The summed E-state index contributed by atoms with van der Waals surface area (Å²) in [5, 5.41) is 0. The molecular weight excluding hydrogens is 492 g/mol. The second kappa shape index (κ2) is 10.5. The average Bonchev–Trinajstić information content (AvgIpc) is 3.34. The number of carbonyl (C=O) groups excluding carboxylic acids is 2. The molecule has 1 saturated heterocycles. The molecule has 1 aromatic carbocycles. The van der Waals surface area contributed by atoms with Crippen LogP contribution in [0.2, 0.25) is 0 Å². The Morgan fingerprint density at radius 1 is 0.897 bits per heavy atom. The summed E-state index contributed by atoms with van der Waals surface area (Å²) in [4.78, 5) is 26.7. The summed E-state index contributed by atoms with van der Waals surface area (Å²) in [6.07, 6.45) is 12.7. The normalized spacial score (nSPS) is 35.4. The first-order chi connectivity index (χ1) is 18.6. The smallest absolute Gasteiger partial charge is 0.306 e. The standard InChI is InChI=1S/C33H46O6/c1-31(2)13-9-14-32(3)27(12-11-21-16-30(35)39-20-21)33(29(34)19-28(31)32)15-8-7-10-23(33)22-17-25(37-5)26(38-6)18-24(22)36-4/h7,10,17-18,21,23,27-28H,8-9,11-16,19-20H2,1-6H3/t21-,23?,27+,28-,32+,33-/m0/s1. The van der Waals surface area contributed by atoms with Crippen LogP contribution in [-0.2, 0) is 14.3 Å². The molecule has 1 spiro atoms. The summed E-state index contributed by atoms with van der Waals surface area (Å²) in [5.74, 6) is 2.95. The zero-order chi connectivity index (χ0) is 28.0. The molecule has 0 radical (unpaired) electrons. The molecule has 1 heterocycles. The van der Waals surface area contributed by atoms with E-state index in [4.69, 9.17) is 18.9 Å². The van der Waals surface area contributed by atoms with Crippen molar-refractivity contribution in [3.63, 3.8) is 0 Å². The predicted molar refractivity (Wildman–Crippen MR) is 150 cm³/mol. The van der Waals surface area contributed by atoms with Crippen LogP contribution in [0.15, 0.2) is 24.3 Å². The topological polar surface area (TPSA) is 71.1 Å². The molecule has 3 fully saturated rings. The van der Waals surface area contributed by atoms with Gasteiger partial charge in [0.15, 0.2) is 11.5 Å². The van der Waals surface area contributed by atoms with Gasteiger partial charge < -0.3 is 18.9 Å². The van der Waals surface area contributed by atoms with Crippen LogP contribution in [-0.4, -0.2) is 39.7 Å². The Bertz CT molecular complexity index is 1140. The Morgan fingerprint density at radius 2 is 1.62 bits per heavy atom. The summed E-state index contributed by atoms with van der Waals surface area (Å²) in [7, 11) is 4.96. The molecule has 2 saturated carbocycles. The lowest BCUT2D eigenvalue weighted by atomic mass is 9.39. The van der Waals surface area contributed by atoms with E-state index in [0.29, 0.717) is 42.6 Å². The number of allylic oxidation sites excluding steroid dienone is 2. The lowest BCUT2D eigenvalue weighted by molar-refractivity contribution is -0.171. The molecule has 5 rings (SSSR count). The van der Waals surface area contributed by atoms with Crippen LogP contribution in [0.1, 0.15) is 90.0 Å². The van der Waals surface area contributed by atoms with Gasteiger partial charge in [0, 0.05) is 35.3 Å². The molecule has 6 nitrogen and oxygen atoms in total. The lowest BCUT2D eigenvalue weighted by Gasteiger charge is -2.64. The summed E-state index contributed by atoms with van der Waals surface area (Å²) >= 11 is 0. The number of methoxy groups -OCH3 is 3. The molecular formula is C33H46O6. The molecule has 0 bridgehead atoms. The van der Waals surface area contributed by atoms with Crippen molar-refractivity contribution < 1.29 is 28.5 Å². The van der Waals surface area contributed by atoms with Gasteiger partial charge in [-0.15, -0.1) is 0 Å². The number of carbonyl (C=O) groups is 2. The number of ketones is 1. The first-order valence-corrected chi connectivity index (χ1v) is 14.8. The molecule has 1 unspecified atom stereocenters. The minimum Gasteiger partial charge on any atom is -0.496 e. The monoisotopic (exact) mass is 538 g/mol. The second-order valence-electron chi connectivity index (χ2n) is 13.3. The van der Waals surface area contributed by atoms with E-state index in [0.717, 1.165) is 49.8 Å². The summed E-state index contributed by atoms with van der Waals surface area (Å²) in [5.41, 5.74) is 0.604. The highest BCUT2D eigenvalue weighted by Crippen LogP contribution is 2.69. The molecule has 4 aliphatic rings. The second-order valence-corrected chi connectivity index (χ2v) is 13.3. The fraction of sp³-hybridized carbons (Fsp3) is 0.697. The maximum absolute atomic E-state index is 14.8. The fourth-order valence-electron chi connectivity index (χ4n) is 9.25. The van der Waals surface area contributed by atoms with Crippen molar-refractivity contribution in [2.24, 2.45) is 34.0 Å². The van der Waals surface area contributed by atoms with Gasteiger partial charge >= 0.3 is 5.97 Å². The van der Waals surface area contributed by atoms with Gasteiger partial charge in [-0.2, -0.15) is 0 Å². The number of esters is 1. The number of Topliss-reactive ketones (excluding diaryl/α,β-unsaturated/α-hetero) is 1. The Morgan fingerprint density at radius 3 is 2.28 bits per heavy atom. The van der Waals surface area contributed by atoms with E-state index in [2.05, 4.69) is 32.9 Å². The number of cyclic esters (lactones) is 1. The molecule has 1 aliphatic heterocycles. The minimum absolute atomic E-state index is 0.0341. The molecule has 214 valence electrons. The van der Waals surface area contributed by atoms with Crippen molar-refractivity contribution in [1.29, 1.82) is 0 Å². The first-order valence-electron chi connectivity index (χ1n) is 14.8. The summed E-state index contributed by atoms with van der Waals surface area (Å²) < 4.78 is 22.6. The van der Waals surface area contributed by atoms with E-state index in [1.54, 1.807) is 21.3 Å². The summed E-state index contributed by atoms with van der Waals surface area (Å²) in [6, 6.07) is 3.91. The highest BCUT2D eigenvalue weighted by Gasteiger charge is 2.65. The van der Waals surface area contributed by atoms with Gasteiger partial charge in [0.05, 0.1) is 34.4 Å². The van der Waals surface area contributed by atoms with Crippen LogP contribution in [0.4, 0.5) is 0 Å². The van der Waals surface area contributed by atoms with E-state index in [-0.39, 0.29) is 34.6 Å². The average molecular weight is 539 g/mol. The Balaban J connectivity index is 1.65. The zero-order valence-corrected chi connectivity index (χ0v) is 24.6. The van der Waals surface area contributed by atoms with Gasteiger partial charge in [0.25, 0.3) is 0 Å². The van der Waals surface area contributed by atoms with Crippen molar-refractivity contribution in [3.8, 4) is 17.2 Å². The van der Waals surface area contributed by atoms with Crippen molar-refractivity contribution in [2.45, 2.75) is 84.5 Å². The molecule has 0 amide bonds. The molecule has 0 N–H and O–H groups in total. The van der Waals surface area contributed by atoms with Crippen LogP contribution >= 0.6 is 0 Å². The van der Waals surface area contributed by atoms with E-state index in [1.165, 1.54) is 6.42 Å². The summed E-state index contributed by atoms with van der Waals surface area (Å²) in [6.45, 7) is 7.73. The van der Waals surface area contributed by atoms with E-state index < -0.39 is 5.41 Å². The van der Waals surface area contributed by atoms with Gasteiger partial charge in [0.1, 0.15) is 11.5 Å². The van der Waals surface area contributed by atoms with Gasteiger partial charge in [-0.05, 0) is 67.3 Å². The largest absolute Gasteiger partial charge is 0.496 e. The third kappa shape index (κ3) is 4.56. The molecule has 3 aliphatic carbocycles. The highest BCUT2D eigenvalue weighted by atomic mass is 16.5. The van der Waals surface area contributed by atoms with Crippen LogP contribution in [0.25, 0.3) is 0 Å². The highest BCUT2D eigenvalue weighted by molar-refractivity contribution is 5.89. The maximum atomic E-state index is 14.8. The Kier molecular flexibility index (Phi) is 7.54. The minimum atomic E-state index is -0.538. The quantitative estimate of drug-likeness (QED) is 0.278. The van der Waals surface area contributed by atoms with Crippen molar-refractivity contribution >= 4 is 11.8 Å². The number of hydrogen-bond donors (Lipinski definition) is 0. The van der Waals surface area contributed by atoms with Crippen LogP contribution in [0, 0.1) is 34.0 Å². The SMILES string of the molecule is COc1cc(OC)c(C2C=CCC[C@]23C(=O)C[C@H]2C(C)(C)CCC[C@]2(C)[C@H]3CC[C@@H]2COC(=O)C2)cc1OC. The number of hydrogen-bond acceptors (Lipinski definition) is 6. The Labute approximate surface area is 233 Å². The van der Waals surface area contributed by atoms with Crippen LogP contribution < -0.4 is 14.2 Å². The van der Waals surface area contributed by atoms with E-state index in [1.807, 2.05) is 12.1 Å². The van der Waals surface area contributed by atoms with E-state index >= 15 is 0 Å². The Hall–Kier alpha value is -2.50. The third-order valence-corrected chi connectivity index (χ3v) is 11.1. The number of benzene rings is 1.